The van der Waals surface area contributed by atoms with Crippen LogP contribution in [0.4, 0.5) is 4.39 Å². The maximum atomic E-state index is 13.7. The van der Waals surface area contributed by atoms with Crippen LogP contribution in [0.15, 0.2) is 48.5 Å². The van der Waals surface area contributed by atoms with Gasteiger partial charge in [-0.3, -0.25) is 4.79 Å². The Morgan fingerprint density at radius 2 is 1.90 bits per heavy atom. The molecule has 1 saturated heterocycles. The summed E-state index contributed by atoms with van der Waals surface area (Å²) in [6.45, 7) is 1.00. The van der Waals surface area contributed by atoms with E-state index in [1.54, 1.807) is 24.3 Å². The van der Waals surface area contributed by atoms with Gasteiger partial charge in [-0.25, -0.2) is 4.39 Å². The summed E-state index contributed by atoms with van der Waals surface area (Å²) in [5, 5.41) is 3.33. The molecule has 0 spiro atoms. The number of hydrogen-bond donors (Lipinski definition) is 1. The summed E-state index contributed by atoms with van der Waals surface area (Å²) in [6.07, 6.45) is 2.75. The van der Waals surface area contributed by atoms with Crippen molar-refractivity contribution in [2.45, 2.75) is 25.3 Å². The van der Waals surface area contributed by atoms with Gasteiger partial charge in [0.2, 0.25) is 0 Å². The fraction of sp³-hybridized carbons (Fsp3) is 0.278. The lowest BCUT2D eigenvalue weighted by molar-refractivity contribution is 0.0971. The number of Topliss-reactive ketones (excluding diaryl/α,β-unsaturated/α-hetero) is 1. The fourth-order valence-electron chi connectivity index (χ4n) is 2.80. The van der Waals surface area contributed by atoms with Crippen LogP contribution in [0.5, 0.6) is 0 Å². The normalized spacial score (nSPS) is 17.9. The summed E-state index contributed by atoms with van der Waals surface area (Å²) in [7, 11) is 0. The Hall–Kier alpha value is -2.00. The molecule has 0 amide bonds. The van der Waals surface area contributed by atoms with E-state index in [1.165, 1.54) is 6.07 Å². The zero-order chi connectivity index (χ0) is 14.7. The minimum Gasteiger partial charge on any atom is -0.314 e. The van der Waals surface area contributed by atoms with Crippen LogP contribution < -0.4 is 5.32 Å². The number of rotatable bonds is 4. The van der Waals surface area contributed by atoms with E-state index in [9.17, 15) is 9.18 Å². The SMILES string of the molecule is O=C(CC1CCCN1)c1ccc(-c2ccccc2F)cc1. The highest BCUT2D eigenvalue weighted by Crippen LogP contribution is 2.23. The molecule has 0 radical (unpaired) electrons. The van der Waals surface area contributed by atoms with Gasteiger partial charge in [-0.1, -0.05) is 42.5 Å². The number of carbonyl (C=O) groups is 1. The molecule has 1 atom stereocenters. The maximum absolute atomic E-state index is 13.7. The molecule has 1 aliphatic rings. The molecule has 1 unspecified atom stereocenters. The molecule has 1 heterocycles. The highest BCUT2D eigenvalue weighted by Gasteiger charge is 2.18. The van der Waals surface area contributed by atoms with Crippen LogP contribution in [-0.2, 0) is 0 Å². The van der Waals surface area contributed by atoms with Crippen LogP contribution in [0, 0.1) is 5.82 Å². The van der Waals surface area contributed by atoms with Gasteiger partial charge in [0.15, 0.2) is 5.78 Å². The van der Waals surface area contributed by atoms with E-state index in [4.69, 9.17) is 0 Å². The van der Waals surface area contributed by atoms with Crippen LogP contribution in [0.2, 0.25) is 0 Å². The van der Waals surface area contributed by atoms with E-state index in [-0.39, 0.29) is 11.6 Å². The first-order valence-corrected chi connectivity index (χ1v) is 7.35. The van der Waals surface area contributed by atoms with E-state index in [0.717, 1.165) is 24.9 Å². The molecule has 2 aromatic rings. The molecule has 0 saturated carbocycles. The van der Waals surface area contributed by atoms with Crippen LogP contribution in [0.1, 0.15) is 29.6 Å². The van der Waals surface area contributed by atoms with Crippen LogP contribution in [-0.4, -0.2) is 18.4 Å². The second-order valence-electron chi connectivity index (χ2n) is 5.48. The predicted molar refractivity (Wildman–Crippen MR) is 81.8 cm³/mol. The first-order valence-electron chi connectivity index (χ1n) is 7.35. The van der Waals surface area contributed by atoms with E-state index < -0.39 is 0 Å². The van der Waals surface area contributed by atoms with E-state index in [1.807, 2.05) is 18.2 Å². The van der Waals surface area contributed by atoms with Crippen molar-refractivity contribution in [3.05, 3.63) is 59.9 Å². The molecule has 21 heavy (non-hydrogen) atoms. The molecule has 0 aromatic heterocycles. The van der Waals surface area contributed by atoms with Gasteiger partial charge in [0.1, 0.15) is 5.82 Å². The molecule has 1 N–H and O–H groups in total. The number of hydrogen-bond acceptors (Lipinski definition) is 2. The topological polar surface area (TPSA) is 29.1 Å². The average Bonchev–Trinajstić information content (AvgIpc) is 3.01. The van der Waals surface area contributed by atoms with E-state index in [2.05, 4.69) is 5.32 Å². The Morgan fingerprint density at radius 1 is 1.14 bits per heavy atom. The lowest BCUT2D eigenvalue weighted by Gasteiger charge is -2.09. The van der Waals surface area contributed by atoms with E-state index >= 15 is 0 Å². The number of ketones is 1. The van der Waals surface area contributed by atoms with E-state index in [0.29, 0.717) is 23.6 Å². The summed E-state index contributed by atoms with van der Waals surface area (Å²) in [4.78, 5) is 12.2. The van der Waals surface area contributed by atoms with Crippen LogP contribution in [0.25, 0.3) is 11.1 Å². The molecule has 1 aliphatic heterocycles. The van der Waals surface area contributed by atoms with Crippen molar-refractivity contribution in [1.82, 2.24) is 5.32 Å². The third kappa shape index (κ3) is 3.19. The largest absolute Gasteiger partial charge is 0.314 e. The summed E-state index contributed by atoms with van der Waals surface area (Å²) in [5.74, 6) is -0.0961. The molecule has 0 aliphatic carbocycles. The first kappa shape index (κ1) is 14.0. The Morgan fingerprint density at radius 3 is 2.57 bits per heavy atom. The average molecular weight is 283 g/mol. The van der Waals surface area contributed by atoms with Crippen molar-refractivity contribution in [3.63, 3.8) is 0 Å². The Balaban J connectivity index is 1.74. The zero-order valence-corrected chi connectivity index (χ0v) is 11.8. The van der Waals surface area contributed by atoms with Gasteiger partial charge in [0.05, 0.1) is 0 Å². The number of carbonyl (C=O) groups excluding carboxylic acids is 1. The molecular formula is C18H18FNO. The molecule has 3 rings (SSSR count). The summed E-state index contributed by atoms with van der Waals surface area (Å²) >= 11 is 0. The maximum Gasteiger partial charge on any atom is 0.164 e. The lowest BCUT2D eigenvalue weighted by atomic mass is 9.99. The smallest absolute Gasteiger partial charge is 0.164 e. The molecule has 0 bridgehead atoms. The molecule has 108 valence electrons. The van der Waals surface area contributed by atoms with Crippen molar-refractivity contribution in [2.75, 3.05) is 6.54 Å². The molecular weight excluding hydrogens is 265 g/mol. The van der Waals surface area contributed by atoms with Gasteiger partial charge in [-0.15, -0.1) is 0 Å². The van der Waals surface area contributed by atoms with Crippen molar-refractivity contribution in [2.24, 2.45) is 0 Å². The highest BCUT2D eigenvalue weighted by atomic mass is 19.1. The van der Waals surface area contributed by atoms with Crippen molar-refractivity contribution in [3.8, 4) is 11.1 Å². The van der Waals surface area contributed by atoms with Crippen molar-refractivity contribution < 1.29 is 9.18 Å². The standard InChI is InChI=1S/C18H18FNO/c19-17-6-2-1-5-16(17)13-7-9-14(10-8-13)18(21)12-15-4-3-11-20-15/h1-2,5-10,15,20H,3-4,11-12H2. The lowest BCUT2D eigenvalue weighted by Crippen LogP contribution is -2.24. The van der Waals surface area contributed by atoms with Crippen LogP contribution >= 0.6 is 0 Å². The Labute approximate surface area is 124 Å². The van der Waals surface area contributed by atoms with Gasteiger partial charge in [0.25, 0.3) is 0 Å². The highest BCUT2D eigenvalue weighted by molar-refractivity contribution is 5.96. The zero-order valence-electron chi connectivity index (χ0n) is 11.8. The van der Waals surface area contributed by atoms with Gasteiger partial charge >= 0.3 is 0 Å². The Kier molecular flexibility index (Phi) is 4.11. The summed E-state index contributed by atoms with van der Waals surface area (Å²) in [6, 6.07) is 14.2. The third-order valence-electron chi connectivity index (χ3n) is 3.99. The summed E-state index contributed by atoms with van der Waals surface area (Å²) in [5.41, 5.74) is 2.06. The quantitative estimate of drug-likeness (QED) is 0.864. The molecule has 1 fully saturated rings. The number of nitrogens with one attached hydrogen (secondary N) is 1. The van der Waals surface area contributed by atoms with Gasteiger partial charge in [0, 0.05) is 23.6 Å². The summed E-state index contributed by atoms with van der Waals surface area (Å²) < 4.78 is 13.7. The number of benzene rings is 2. The molecule has 2 nitrogen and oxygen atoms in total. The second-order valence-corrected chi connectivity index (χ2v) is 5.48. The van der Waals surface area contributed by atoms with Crippen molar-refractivity contribution >= 4 is 5.78 Å². The minimum atomic E-state index is -0.244. The van der Waals surface area contributed by atoms with Crippen LogP contribution in [0.3, 0.4) is 0 Å². The van der Waals surface area contributed by atoms with Gasteiger partial charge in [-0.2, -0.15) is 0 Å². The molecule has 3 heteroatoms. The first-order chi connectivity index (χ1) is 10.2. The monoisotopic (exact) mass is 283 g/mol. The fourth-order valence-corrected chi connectivity index (χ4v) is 2.80. The number of halogens is 1. The molecule has 2 aromatic carbocycles. The van der Waals surface area contributed by atoms with Crippen molar-refractivity contribution in [1.29, 1.82) is 0 Å². The third-order valence-corrected chi connectivity index (χ3v) is 3.99. The Bertz CT molecular complexity index is 630. The predicted octanol–water partition coefficient (Wildman–Crippen LogP) is 3.82. The van der Waals surface area contributed by atoms with Gasteiger partial charge in [-0.05, 0) is 31.0 Å². The minimum absolute atomic E-state index is 0.148. The van der Waals surface area contributed by atoms with Gasteiger partial charge < -0.3 is 5.32 Å². The second kappa shape index (κ2) is 6.19.